The van der Waals surface area contributed by atoms with Gasteiger partial charge in [-0.1, -0.05) is 17.7 Å². The van der Waals surface area contributed by atoms with Crippen LogP contribution in [-0.2, 0) is 4.79 Å². The molecule has 3 aromatic rings. The second kappa shape index (κ2) is 11.0. The molecule has 0 saturated carbocycles. The number of hydrogen-bond donors (Lipinski definition) is 2. The molecule has 1 amide bonds. The van der Waals surface area contributed by atoms with Crippen LogP contribution in [0.25, 0.3) is 0 Å². The summed E-state index contributed by atoms with van der Waals surface area (Å²) in [6.45, 7) is 1.75. The number of nitro groups is 1. The zero-order valence-electron chi connectivity index (χ0n) is 17.7. The summed E-state index contributed by atoms with van der Waals surface area (Å²) in [4.78, 5) is 26.6. The fourth-order valence-electron chi connectivity index (χ4n) is 2.69. The van der Waals surface area contributed by atoms with Crippen LogP contribution in [0.4, 0.5) is 17.2 Å². The highest BCUT2D eigenvalue weighted by Gasteiger charge is 2.14. The quantitative estimate of drug-likeness (QED) is 0.244. The van der Waals surface area contributed by atoms with Crippen LogP contribution in [-0.4, -0.2) is 35.7 Å². The molecule has 0 aliphatic rings. The number of carbonyl (C=O) groups is 1. The third-order valence-corrected chi connectivity index (χ3v) is 5.02. The van der Waals surface area contributed by atoms with Gasteiger partial charge < -0.3 is 14.8 Å². The normalized spacial score (nSPS) is 10.6. The van der Waals surface area contributed by atoms with Gasteiger partial charge in [-0.25, -0.2) is 4.98 Å². The van der Waals surface area contributed by atoms with E-state index in [-0.39, 0.29) is 24.0 Å². The predicted molar refractivity (Wildman–Crippen MR) is 128 cm³/mol. The molecule has 0 bridgehead atoms. The Labute approximate surface area is 197 Å². The summed E-state index contributed by atoms with van der Waals surface area (Å²) >= 11 is 3.42. The SMILES string of the molecule is COc1cc(/C=N\Nc2ncccc2[N+](=O)[O-])c(Br)cc1OCC(=O)Nc1ccc(C)cc1. The highest BCUT2D eigenvalue weighted by molar-refractivity contribution is 9.10. The predicted octanol–water partition coefficient (Wildman–Crippen LogP) is 4.53. The first-order valence-electron chi connectivity index (χ1n) is 9.62. The number of rotatable bonds is 9. The van der Waals surface area contributed by atoms with Crippen molar-refractivity contribution < 1.29 is 19.2 Å². The fourth-order valence-corrected chi connectivity index (χ4v) is 3.12. The number of methoxy groups -OCH3 is 1. The third kappa shape index (κ3) is 6.50. The Kier molecular flexibility index (Phi) is 7.92. The van der Waals surface area contributed by atoms with Crippen molar-refractivity contribution in [1.29, 1.82) is 0 Å². The van der Waals surface area contributed by atoms with Gasteiger partial charge in [0.05, 0.1) is 18.2 Å². The lowest BCUT2D eigenvalue weighted by atomic mass is 10.2. The van der Waals surface area contributed by atoms with Gasteiger partial charge in [0.2, 0.25) is 5.82 Å². The van der Waals surface area contributed by atoms with E-state index in [1.165, 1.54) is 31.7 Å². The Morgan fingerprint density at radius 1 is 1.24 bits per heavy atom. The standard InChI is InChI=1S/C22H20BrN5O5/c1-14-5-7-16(8-6-14)26-21(29)13-33-20-11-17(23)15(10-19(20)32-2)12-25-27-22-18(28(30)31)4-3-9-24-22/h3-12H,13H2,1-2H3,(H,24,27)(H,26,29)/b25-12-. The van der Waals surface area contributed by atoms with Gasteiger partial charge in [0, 0.05) is 28.0 Å². The van der Waals surface area contributed by atoms with Crippen LogP contribution in [0, 0.1) is 17.0 Å². The van der Waals surface area contributed by atoms with Crippen LogP contribution >= 0.6 is 15.9 Å². The van der Waals surface area contributed by atoms with Crippen LogP contribution in [0.5, 0.6) is 11.5 Å². The van der Waals surface area contributed by atoms with E-state index in [9.17, 15) is 14.9 Å². The number of hydrogen-bond acceptors (Lipinski definition) is 8. The number of pyridine rings is 1. The Hall–Kier alpha value is -3.99. The third-order valence-electron chi connectivity index (χ3n) is 4.33. The fraction of sp³-hybridized carbons (Fsp3) is 0.136. The summed E-state index contributed by atoms with van der Waals surface area (Å²) in [5.74, 6) is 0.436. The van der Waals surface area contributed by atoms with Crippen molar-refractivity contribution in [1.82, 2.24) is 4.98 Å². The van der Waals surface area contributed by atoms with Gasteiger partial charge >= 0.3 is 5.69 Å². The van der Waals surface area contributed by atoms with E-state index in [4.69, 9.17) is 9.47 Å². The molecule has 2 aromatic carbocycles. The maximum absolute atomic E-state index is 12.2. The molecule has 0 spiro atoms. The first kappa shape index (κ1) is 23.7. The van der Waals surface area contributed by atoms with E-state index in [1.807, 2.05) is 31.2 Å². The molecule has 0 aliphatic heterocycles. The van der Waals surface area contributed by atoms with Gasteiger partial charge in [0.25, 0.3) is 5.91 Å². The lowest BCUT2D eigenvalue weighted by Gasteiger charge is -2.13. The molecule has 0 radical (unpaired) electrons. The molecule has 0 atom stereocenters. The summed E-state index contributed by atoms with van der Waals surface area (Å²) in [7, 11) is 1.47. The Bertz CT molecular complexity index is 1180. The van der Waals surface area contributed by atoms with Crippen LogP contribution < -0.4 is 20.2 Å². The molecule has 170 valence electrons. The highest BCUT2D eigenvalue weighted by Crippen LogP contribution is 2.33. The number of carbonyl (C=O) groups excluding carboxylic acids is 1. The van der Waals surface area contributed by atoms with Crippen LogP contribution in [0.2, 0.25) is 0 Å². The second-order valence-corrected chi connectivity index (χ2v) is 7.58. The molecule has 0 aliphatic carbocycles. The minimum absolute atomic E-state index is 0.0152. The van der Waals surface area contributed by atoms with E-state index >= 15 is 0 Å². The maximum Gasteiger partial charge on any atom is 0.313 e. The van der Waals surface area contributed by atoms with Gasteiger partial charge in [0.15, 0.2) is 18.1 Å². The number of aryl methyl sites for hydroxylation is 1. The molecule has 10 nitrogen and oxygen atoms in total. The smallest absolute Gasteiger partial charge is 0.313 e. The number of anilines is 2. The molecule has 0 unspecified atom stereocenters. The largest absolute Gasteiger partial charge is 0.493 e. The van der Waals surface area contributed by atoms with Gasteiger partial charge in [-0.2, -0.15) is 5.10 Å². The van der Waals surface area contributed by atoms with Crippen molar-refractivity contribution in [3.63, 3.8) is 0 Å². The van der Waals surface area contributed by atoms with Crippen molar-refractivity contribution in [3.8, 4) is 11.5 Å². The van der Waals surface area contributed by atoms with Crippen LogP contribution in [0.1, 0.15) is 11.1 Å². The molecular weight excluding hydrogens is 494 g/mol. The zero-order valence-corrected chi connectivity index (χ0v) is 19.3. The molecule has 11 heteroatoms. The number of amides is 1. The summed E-state index contributed by atoms with van der Waals surface area (Å²) in [5, 5.41) is 17.8. The Morgan fingerprint density at radius 2 is 2.00 bits per heavy atom. The molecule has 0 saturated heterocycles. The molecule has 1 aromatic heterocycles. The number of halogens is 1. The van der Waals surface area contributed by atoms with E-state index in [0.29, 0.717) is 27.2 Å². The van der Waals surface area contributed by atoms with E-state index in [1.54, 1.807) is 12.1 Å². The van der Waals surface area contributed by atoms with Crippen molar-refractivity contribution in [2.75, 3.05) is 24.5 Å². The number of aromatic nitrogens is 1. The number of nitrogens with zero attached hydrogens (tertiary/aromatic N) is 3. The van der Waals surface area contributed by atoms with Crippen molar-refractivity contribution in [2.24, 2.45) is 5.10 Å². The minimum Gasteiger partial charge on any atom is -0.493 e. The van der Waals surface area contributed by atoms with Gasteiger partial charge in [-0.3, -0.25) is 20.3 Å². The molecule has 0 fully saturated rings. The molecule has 1 heterocycles. The van der Waals surface area contributed by atoms with Crippen molar-refractivity contribution in [2.45, 2.75) is 6.92 Å². The topological polar surface area (TPSA) is 128 Å². The molecular formula is C22H20BrN5O5. The Balaban J connectivity index is 1.66. The first-order valence-corrected chi connectivity index (χ1v) is 10.4. The summed E-state index contributed by atoms with van der Waals surface area (Å²) < 4.78 is 11.6. The Morgan fingerprint density at radius 3 is 2.70 bits per heavy atom. The monoisotopic (exact) mass is 513 g/mol. The molecule has 33 heavy (non-hydrogen) atoms. The van der Waals surface area contributed by atoms with Gasteiger partial charge in [-0.05, 0) is 53.2 Å². The van der Waals surface area contributed by atoms with Crippen LogP contribution in [0.15, 0.2) is 64.3 Å². The second-order valence-electron chi connectivity index (χ2n) is 6.73. The van der Waals surface area contributed by atoms with Gasteiger partial charge in [-0.15, -0.1) is 0 Å². The number of nitrogens with one attached hydrogen (secondary N) is 2. The average molecular weight is 514 g/mol. The van der Waals surface area contributed by atoms with Crippen molar-refractivity contribution in [3.05, 3.63) is 80.4 Å². The minimum atomic E-state index is -0.551. The van der Waals surface area contributed by atoms with Gasteiger partial charge in [0.1, 0.15) is 0 Å². The van der Waals surface area contributed by atoms with Crippen LogP contribution in [0.3, 0.4) is 0 Å². The average Bonchev–Trinajstić information content (AvgIpc) is 2.80. The first-order chi connectivity index (χ1) is 15.9. The zero-order chi connectivity index (χ0) is 23.8. The number of benzene rings is 2. The summed E-state index contributed by atoms with van der Waals surface area (Å²) in [6, 6.07) is 13.5. The lowest BCUT2D eigenvalue weighted by molar-refractivity contribution is -0.384. The maximum atomic E-state index is 12.2. The lowest BCUT2D eigenvalue weighted by Crippen LogP contribution is -2.20. The summed E-state index contributed by atoms with van der Waals surface area (Å²) in [5.41, 5.74) is 4.74. The molecule has 2 N–H and O–H groups in total. The molecule has 3 rings (SSSR count). The van der Waals surface area contributed by atoms with E-state index in [0.717, 1.165) is 5.56 Å². The summed E-state index contributed by atoms with van der Waals surface area (Å²) in [6.07, 6.45) is 2.86. The highest BCUT2D eigenvalue weighted by atomic mass is 79.9. The van der Waals surface area contributed by atoms with E-state index < -0.39 is 4.92 Å². The van der Waals surface area contributed by atoms with Crippen molar-refractivity contribution >= 4 is 45.2 Å². The van der Waals surface area contributed by atoms with E-state index in [2.05, 4.69) is 36.8 Å². The number of hydrazone groups is 1. The number of ether oxygens (including phenoxy) is 2.